The van der Waals surface area contributed by atoms with Crippen LogP contribution in [0.1, 0.15) is 37.6 Å². The van der Waals surface area contributed by atoms with Gasteiger partial charge in [-0.25, -0.2) is 9.97 Å². The Morgan fingerprint density at radius 2 is 1.95 bits per heavy atom. The molecule has 1 N–H and O–H groups in total. The summed E-state index contributed by atoms with van der Waals surface area (Å²) in [6, 6.07) is 2.15. The summed E-state index contributed by atoms with van der Waals surface area (Å²) in [6.07, 6.45) is 2.43. The maximum Gasteiger partial charge on any atom is 0.316 e. The number of aromatic nitrogens is 2. The van der Waals surface area contributed by atoms with Crippen molar-refractivity contribution in [2.24, 2.45) is 5.41 Å². The first-order valence-corrected chi connectivity index (χ1v) is 7.77. The Hall–Kier alpha value is -1.69. The minimum Gasteiger partial charge on any atom is -0.460 e. The van der Waals surface area contributed by atoms with Gasteiger partial charge >= 0.3 is 6.01 Å². The molecule has 120 valence electrons. The van der Waals surface area contributed by atoms with E-state index in [9.17, 15) is 9.90 Å². The number of rotatable bonds is 4. The molecule has 1 aromatic heterocycles. The average molecular weight is 305 g/mol. The van der Waals surface area contributed by atoms with Crippen molar-refractivity contribution in [1.29, 1.82) is 0 Å². The van der Waals surface area contributed by atoms with Gasteiger partial charge in [0.2, 0.25) is 5.91 Å². The monoisotopic (exact) mass is 305 g/mol. The molecule has 1 aromatic rings. The van der Waals surface area contributed by atoms with E-state index >= 15 is 0 Å². The fourth-order valence-electron chi connectivity index (χ4n) is 2.89. The quantitative estimate of drug-likeness (QED) is 0.905. The summed E-state index contributed by atoms with van der Waals surface area (Å²) in [5.74, 6) is 0.158. The highest BCUT2D eigenvalue weighted by atomic mass is 16.5. The van der Waals surface area contributed by atoms with Crippen molar-refractivity contribution >= 4 is 5.91 Å². The van der Waals surface area contributed by atoms with Gasteiger partial charge in [-0.05, 0) is 39.2 Å². The van der Waals surface area contributed by atoms with Crippen molar-refractivity contribution in [3.63, 3.8) is 0 Å². The van der Waals surface area contributed by atoms with Gasteiger partial charge in [-0.1, -0.05) is 6.92 Å². The average Bonchev–Trinajstić information content (AvgIpc) is 3.07. The molecule has 0 radical (unpaired) electrons. The number of amides is 1. The van der Waals surface area contributed by atoms with Crippen LogP contribution in [-0.4, -0.2) is 51.2 Å². The fourth-order valence-corrected chi connectivity index (χ4v) is 2.89. The first kappa shape index (κ1) is 15.2. The van der Waals surface area contributed by atoms with Crippen LogP contribution < -0.4 is 4.74 Å². The van der Waals surface area contributed by atoms with Gasteiger partial charge in [0.05, 0.1) is 6.54 Å². The second-order valence-corrected chi connectivity index (χ2v) is 6.98. The molecule has 22 heavy (non-hydrogen) atoms. The smallest absolute Gasteiger partial charge is 0.316 e. The van der Waals surface area contributed by atoms with Gasteiger partial charge in [-0.3, -0.25) is 4.79 Å². The third-order valence-corrected chi connectivity index (χ3v) is 4.57. The van der Waals surface area contributed by atoms with Gasteiger partial charge in [-0.15, -0.1) is 0 Å². The van der Waals surface area contributed by atoms with Crippen LogP contribution in [0.3, 0.4) is 0 Å². The number of carbonyl (C=O) groups excluding carboxylic acids is 1. The minimum atomic E-state index is -1.01. The maximum atomic E-state index is 12.3. The molecule has 6 heteroatoms. The summed E-state index contributed by atoms with van der Waals surface area (Å²) >= 11 is 0. The Morgan fingerprint density at radius 3 is 2.55 bits per heavy atom. The first-order chi connectivity index (χ1) is 10.3. The predicted octanol–water partition coefficient (Wildman–Crippen LogP) is 1.24. The lowest BCUT2D eigenvalue weighted by atomic mass is 10.1. The molecule has 2 heterocycles. The Bertz CT molecular complexity index is 580. The van der Waals surface area contributed by atoms with Gasteiger partial charge < -0.3 is 14.7 Å². The number of aryl methyl sites for hydroxylation is 2. The normalized spacial score (nSPS) is 26.1. The third kappa shape index (κ3) is 3.06. The van der Waals surface area contributed by atoms with Crippen LogP contribution in [0, 0.1) is 19.3 Å². The standard InChI is InChI=1S/C16H23N3O3/c1-11-8-12(2)18-14(17-11)22-10-16(21)6-7-19(9-16)13(20)15(3)4-5-15/h8,21H,4-7,9-10H2,1-3H3/t16-/m1/s1. The van der Waals surface area contributed by atoms with Crippen LogP contribution in [-0.2, 0) is 4.79 Å². The largest absolute Gasteiger partial charge is 0.460 e. The van der Waals surface area contributed by atoms with Gasteiger partial charge in [0.25, 0.3) is 0 Å². The van der Waals surface area contributed by atoms with Gasteiger partial charge in [0.1, 0.15) is 12.2 Å². The van der Waals surface area contributed by atoms with E-state index < -0.39 is 5.60 Å². The molecule has 0 unspecified atom stereocenters. The van der Waals surface area contributed by atoms with E-state index in [2.05, 4.69) is 9.97 Å². The molecule has 0 spiro atoms. The zero-order chi connectivity index (χ0) is 16.0. The van der Waals surface area contributed by atoms with Crippen molar-refractivity contribution in [3.05, 3.63) is 17.5 Å². The van der Waals surface area contributed by atoms with E-state index in [4.69, 9.17) is 4.74 Å². The fraction of sp³-hybridized carbons (Fsp3) is 0.688. The second-order valence-electron chi connectivity index (χ2n) is 6.98. The number of nitrogens with zero attached hydrogens (tertiary/aromatic N) is 3. The molecule has 1 aliphatic carbocycles. The van der Waals surface area contributed by atoms with Crippen molar-refractivity contribution in [2.45, 2.75) is 45.6 Å². The van der Waals surface area contributed by atoms with Crippen molar-refractivity contribution in [3.8, 4) is 6.01 Å². The van der Waals surface area contributed by atoms with Gasteiger partial charge in [-0.2, -0.15) is 0 Å². The predicted molar refractivity (Wildman–Crippen MR) is 80.5 cm³/mol. The first-order valence-electron chi connectivity index (χ1n) is 7.77. The van der Waals surface area contributed by atoms with E-state index in [1.54, 1.807) is 4.90 Å². The lowest BCUT2D eigenvalue weighted by molar-refractivity contribution is -0.136. The molecular weight excluding hydrogens is 282 g/mol. The van der Waals surface area contributed by atoms with Crippen molar-refractivity contribution in [1.82, 2.24) is 14.9 Å². The maximum absolute atomic E-state index is 12.3. The van der Waals surface area contributed by atoms with Crippen LogP contribution in [0.25, 0.3) is 0 Å². The van der Waals surface area contributed by atoms with Crippen LogP contribution in [0.5, 0.6) is 6.01 Å². The topological polar surface area (TPSA) is 75.6 Å². The van der Waals surface area contributed by atoms with E-state index in [0.717, 1.165) is 24.2 Å². The van der Waals surface area contributed by atoms with Crippen LogP contribution in [0.2, 0.25) is 0 Å². The number of likely N-dealkylation sites (tertiary alicyclic amines) is 1. The summed E-state index contributed by atoms with van der Waals surface area (Å²) in [4.78, 5) is 22.5. The summed E-state index contributed by atoms with van der Waals surface area (Å²) in [6.45, 7) is 6.77. The minimum absolute atomic E-state index is 0.108. The molecular formula is C16H23N3O3. The Balaban J connectivity index is 1.59. The van der Waals surface area contributed by atoms with Crippen LogP contribution >= 0.6 is 0 Å². The third-order valence-electron chi connectivity index (χ3n) is 4.57. The molecule has 2 aliphatic rings. The molecule has 2 fully saturated rings. The van der Waals surface area contributed by atoms with Crippen molar-refractivity contribution in [2.75, 3.05) is 19.7 Å². The molecule has 3 rings (SSSR count). The Labute approximate surface area is 130 Å². The number of ether oxygens (including phenoxy) is 1. The number of aliphatic hydroxyl groups is 1. The van der Waals surface area contributed by atoms with Gasteiger partial charge in [0, 0.05) is 23.3 Å². The molecule has 1 amide bonds. The van der Waals surface area contributed by atoms with E-state index in [1.807, 2.05) is 26.8 Å². The van der Waals surface area contributed by atoms with E-state index in [1.165, 1.54) is 0 Å². The highest BCUT2D eigenvalue weighted by molar-refractivity contribution is 5.85. The van der Waals surface area contributed by atoms with E-state index in [0.29, 0.717) is 19.5 Å². The molecule has 1 atom stereocenters. The Morgan fingerprint density at radius 1 is 1.32 bits per heavy atom. The molecule has 0 aromatic carbocycles. The van der Waals surface area contributed by atoms with E-state index in [-0.39, 0.29) is 23.9 Å². The highest BCUT2D eigenvalue weighted by Gasteiger charge is 2.50. The Kier molecular flexibility index (Phi) is 3.59. The zero-order valence-corrected chi connectivity index (χ0v) is 13.4. The SMILES string of the molecule is Cc1cc(C)nc(OC[C@@]2(O)CCN(C(=O)C3(C)CC3)C2)n1. The summed E-state index contributed by atoms with van der Waals surface area (Å²) in [5.41, 5.74) is 0.462. The molecule has 1 saturated carbocycles. The highest BCUT2D eigenvalue weighted by Crippen LogP contribution is 2.47. The number of hydrogen-bond donors (Lipinski definition) is 1. The number of hydrogen-bond acceptors (Lipinski definition) is 5. The lowest BCUT2D eigenvalue weighted by Gasteiger charge is -2.24. The summed E-state index contributed by atoms with van der Waals surface area (Å²) < 4.78 is 5.57. The lowest BCUT2D eigenvalue weighted by Crippen LogP contribution is -2.42. The van der Waals surface area contributed by atoms with Gasteiger partial charge in [0.15, 0.2) is 0 Å². The van der Waals surface area contributed by atoms with Crippen LogP contribution in [0.15, 0.2) is 6.07 Å². The zero-order valence-electron chi connectivity index (χ0n) is 13.4. The molecule has 1 saturated heterocycles. The summed E-state index contributed by atoms with van der Waals surface area (Å²) in [7, 11) is 0. The van der Waals surface area contributed by atoms with Crippen molar-refractivity contribution < 1.29 is 14.6 Å². The molecule has 6 nitrogen and oxygen atoms in total. The van der Waals surface area contributed by atoms with Crippen LogP contribution in [0.4, 0.5) is 0 Å². The molecule has 0 bridgehead atoms. The number of carbonyl (C=O) groups is 1. The molecule has 1 aliphatic heterocycles. The number of β-amino-alcohol motifs (C(OH)–C–C–N with tert-alkyl or cyclic N) is 1. The second kappa shape index (κ2) is 5.19. The summed E-state index contributed by atoms with van der Waals surface area (Å²) in [5, 5.41) is 10.6.